The summed E-state index contributed by atoms with van der Waals surface area (Å²) in [4.78, 5) is -0.207. The Labute approximate surface area is 128 Å². The van der Waals surface area contributed by atoms with Crippen LogP contribution in [0.2, 0.25) is 0 Å². The molecule has 0 saturated carbocycles. The summed E-state index contributed by atoms with van der Waals surface area (Å²) < 4.78 is 44.7. The van der Waals surface area contributed by atoms with E-state index in [1.165, 1.54) is 19.2 Å². The van der Waals surface area contributed by atoms with Crippen LogP contribution in [0.5, 0.6) is 5.75 Å². The minimum atomic E-state index is -3.88. The number of ether oxygens (including phenoxy) is 1. The number of halogens is 1. The monoisotopic (exact) mass is 337 g/mol. The summed E-state index contributed by atoms with van der Waals surface area (Å²) in [6.07, 6.45) is 2.36. The lowest BCUT2D eigenvalue weighted by Gasteiger charge is -2.23. The van der Waals surface area contributed by atoms with Crippen LogP contribution in [0.25, 0.3) is 0 Å². The fourth-order valence-electron chi connectivity index (χ4n) is 1.56. The highest BCUT2D eigenvalue weighted by molar-refractivity contribution is 7.98. The molecule has 0 aliphatic rings. The van der Waals surface area contributed by atoms with E-state index >= 15 is 0 Å². The Hall–Kier alpha value is -0.830. The van der Waals surface area contributed by atoms with Crippen LogP contribution in [0.3, 0.4) is 0 Å². The number of benzene rings is 1. The standard InChI is InChI=1S/C13H20FNO4S2/c1-13(16,6-7-20-3)9-15-21(17,18)10-4-5-12(19-2)11(14)8-10/h4-5,8,15-16H,6-7,9H2,1-3H3. The predicted octanol–water partition coefficient (Wildman–Crippen LogP) is 1.62. The van der Waals surface area contributed by atoms with Gasteiger partial charge in [0.25, 0.3) is 0 Å². The molecule has 0 amide bonds. The highest BCUT2D eigenvalue weighted by atomic mass is 32.2. The second-order valence-electron chi connectivity index (χ2n) is 4.86. The second-order valence-corrected chi connectivity index (χ2v) is 7.61. The van der Waals surface area contributed by atoms with Crippen molar-refractivity contribution in [3.8, 4) is 5.75 Å². The van der Waals surface area contributed by atoms with Crippen LogP contribution in [0.4, 0.5) is 4.39 Å². The third-order valence-corrected chi connectivity index (χ3v) is 4.93. The van der Waals surface area contributed by atoms with Gasteiger partial charge in [0.2, 0.25) is 10.0 Å². The van der Waals surface area contributed by atoms with E-state index in [4.69, 9.17) is 4.74 Å². The highest BCUT2D eigenvalue weighted by Gasteiger charge is 2.24. The smallest absolute Gasteiger partial charge is 0.240 e. The Balaban J connectivity index is 2.80. The topological polar surface area (TPSA) is 75.6 Å². The normalized spacial score (nSPS) is 14.7. The summed E-state index contributed by atoms with van der Waals surface area (Å²) in [5.74, 6) is -0.0678. The lowest BCUT2D eigenvalue weighted by molar-refractivity contribution is 0.0626. The van der Waals surface area contributed by atoms with Crippen molar-refractivity contribution in [2.24, 2.45) is 0 Å². The first-order valence-corrected chi connectivity index (χ1v) is 9.14. The lowest BCUT2D eigenvalue weighted by atomic mass is 10.1. The first-order chi connectivity index (χ1) is 9.72. The van der Waals surface area contributed by atoms with E-state index in [0.29, 0.717) is 12.2 Å². The first kappa shape index (κ1) is 18.2. The van der Waals surface area contributed by atoms with Crippen molar-refractivity contribution in [1.82, 2.24) is 4.72 Å². The van der Waals surface area contributed by atoms with Gasteiger partial charge >= 0.3 is 0 Å². The van der Waals surface area contributed by atoms with Crippen LogP contribution in [-0.4, -0.2) is 44.8 Å². The third kappa shape index (κ3) is 5.46. The van der Waals surface area contributed by atoms with Gasteiger partial charge in [-0.3, -0.25) is 0 Å². The number of sulfonamides is 1. The molecule has 0 heterocycles. The number of rotatable bonds is 8. The van der Waals surface area contributed by atoms with Gasteiger partial charge in [0.1, 0.15) is 0 Å². The van der Waals surface area contributed by atoms with Crippen LogP contribution in [0.1, 0.15) is 13.3 Å². The van der Waals surface area contributed by atoms with Gasteiger partial charge in [-0.05, 0) is 43.6 Å². The van der Waals surface area contributed by atoms with E-state index in [-0.39, 0.29) is 17.2 Å². The summed E-state index contributed by atoms with van der Waals surface area (Å²) in [5.41, 5.74) is -1.15. The summed E-state index contributed by atoms with van der Waals surface area (Å²) >= 11 is 1.56. The van der Waals surface area contributed by atoms with Crippen molar-refractivity contribution in [1.29, 1.82) is 0 Å². The molecule has 1 atom stereocenters. The summed E-state index contributed by atoms with van der Waals surface area (Å²) in [6.45, 7) is 1.42. The SMILES string of the molecule is COc1ccc(S(=O)(=O)NCC(C)(O)CCSC)cc1F. The molecule has 2 N–H and O–H groups in total. The van der Waals surface area contributed by atoms with Crippen molar-refractivity contribution in [3.63, 3.8) is 0 Å². The molecule has 0 aliphatic carbocycles. The van der Waals surface area contributed by atoms with E-state index in [2.05, 4.69) is 4.72 Å². The van der Waals surface area contributed by atoms with Crippen molar-refractivity contribution < 1.29 is 22.7 Å². The third-order valence-electron chi connectivity index (χ3n) is 2.92. The van der Waals surface area contributed by atoms with E-state index in [0.717, 1.165) is 6.07 Å². The fraction of sp³-hybridized carbons (Fsp3) is 0.538. The van der Waals surface area contributed by atoms with Gasteiger partial charge in [-0.1, -0.05) is 0 Å². The van der Waals surface area contributed by atoms with Gasteiger partial charge in [0.15, 0.2) is 11.6 Å². The van der Waals surface area contributed by atoms with Crippen molar-refractivity contribution in [3.05, 3.63) is 24.0 Å². The van der Waals surface area contributed by atoms with Crippen molar-refractivity contribution >= 4 is 21.8 Å². The molecule has 21 heavy (non-hydrogen) atoms. The van der Waals surface area contributed by atoms with Gasteiger partial charge in [-0.2, -0.15) is 11.8 Å². The molecule has 0 aromatic heterocycles. The number of methoxy groups -OCH3 is 1. The minimum absolute atomic E-state index is 0.0269. The molecule has 0 aliphatic heterocycles. The van der Waals surface area contributed by atoms with Crippen LogP contribution in [0.15, 0.2) is 23.1 Å². The molecular weight excluding hydrogens is 317 g/mol. The molecule has 1 unspecified atom stereocenters. The minimum Gasteiger partial charge on any atom is -0.494 e. The average Bonchev–Trinajstić information content (AvgIpc) is 2.43. The van der Waals surface area contributed by atoms with Crippen molar-refractivity contribution in [2.75, 3.05) is 25.7 Å². The van der Waals surface area contributed by atoms with Crippen LogP contribution in [0, 0.1) is 5.82 Å². The number of thioether (sulfide) groups is 1. The van der Waals surface area contributed by atoms with E-state index in [9.17, 15) is 17.9 Å². The number of nitrogens with one attached hydrogen (secondary N) is 1. The van der Waals surface area contributed by atoms with Crippen LogP contribution < -0.4 is 9.46 Å². The van der Waals surface area contributed by atoms with Crippen LogP contribution in [-0.2, 0) is 10.0 Å². The summed E-state index contributed by atoms with van der Waals surface area (Å²) in [5, 5.41) is 10.1. The Kier molecular flexibility index (Phi) is 6.45. The van der Waals surface area contributed by atoms with E-state index in [1.54, 1.807) is 18.7 Å². The molecule has 1 rings (SSSR count). The molecule has 5 nitrogen and oxygen atoms in total. The van der Waals surface area contributed by atoms with Gasteiger partial charge in [0, 0.05) is 6.54 Å². The number of aliphatic hydroxyl groups is 1. The summed E-state index contributed by atoms with van der Waals surface area (Å²) in [7, 11) is -2.58. The predicted molar refractivity (Wildman–Crippen MR) is 81.8 cm³/mol. The van der Waals surface area contributed by atoms with Gasteiger partial charge < -0.3 is 9.84 Å². The lowest BCUT2D eigenvalue weighted by Crippen LogP contribution is -2.41. The second kappa shape index (κ2) is 7.44. The zero-order valence-electron chi connectivity index (χ0n) is 12.2. The van der Waals surface area contributed by atoms with Crippen molar-refractivity contribution in [2.45, 2.75) is 23.8 Å². The zero-order chi connectivity index (χ0) is 16.1. The Bertz CT molecular complexity index is 576. The average molecular weight is 337 g/mol. The maximum absolute atomic E-state index is 13.6. The van der Waals surface area contributed by atoms with Gasteiger partial charge in [-0.25, -0.2) is 17.5 Å². The molecular formula is C13H20FNO4S2. The molecule has 0 fully saturated rings. The van der Waals surface area contributed by atoms with Gasteiger partial charge in [0.05, 0.1) is 17.6 Å². The Morgan fingerprint density at radius 2 is 2.14 bits per heavy atom. The Morgan fingerprint density at radius 1 is 1.48 bits per heavy atom. The molecule has 120 valence electrons. The molecule has 8 heteroatoms. The molecule has 1 aromatic carbocycles. The number of hydrogen-bond acceptors (Lipinski definition) is 5. The van der Waals surface area contributed by atoms with Crippen LogP contribution >= 0.6 is 11.8 Å². The molecule has 0 bridgehead atoms. The van der Waals surface area contributed by atoms with Gasteiger partial charge in [-0.15, -0.1) is 0 Å². The molecule has 0 radical (unpaired) electrons. The fourth-order valence-corrected chi connectivity index (χ4v) is 3.38. The maximum atomic E-state index is 13.6. The molecule has 0 saturated heterocycles. The van der Waals surface area contributed by atoms with E-state index in [1.807, 2.05) is 6.26 Å². The summed E-state index contributed by atoms with van der Waals surface area (Å²) in [6, 6.07) is 3.38. The number of hydrogen-bond donors (Lipinski definition) is 2. The molecule has 0 spiro atoms. The quantitative estimate of drug-likeness (QED) is 0.754. The highest BCUT2D eigenvalue weighted by Crippen LogP contribution is 2.21. The largest absolute Gasteiger partial charge is 0.494 e. The zero-order valence-corrected chi connectivity index (χ0v) is 13.9. The maximum Gasteiger partial charge on any atom is 0.240 e. The molecule has 1 aromatic rings. The Morgan fingerprint density at radius 3 is 2.67 bits per heavy atom. The first-order valence-electron chi connectivity index (χ1n) is 6.26. The van der Waals surface area contributed by atoms with E-state index < -0.39 is 21.4 Å².